The quantitative estimate of drug-likeness (QED) is 0.141. The molecule has 40 heavy (non-hydrogen) atoms. The topological polar surface area (TPSA) is 65.7 Å². The summed E-state index contributed by atoms with van der Waals surface area (Å²) in [6.07, 6.45) is 4.21. The van der Waals surface area contributed by atoms with Gasteiger partial charge in [-0.15, -0.1) is 0 Å². The van der Waals surface area contributed by atoms with Gasteiger partial charge in [-0.3, -0.25) is 4.79 Å². The summed E-state index contributed by atoms with van der Waals surface area (Å²) in [6.45, 7) is 4.92. The highest BCUT2D eigenvalue weighted by molar-refractivity contribution is 9.10. The van der Waals surface area contributed by atoms with Crippen molar-refractivity contribution >= 4 is 59.7 Å². The van der Waals surface area contributed by atoms with Crippen molar-refractivity contribution in [2.24, 2.45) is 5.10 Å². The van der Waals surface area contributed by atoms with Gasteiger partial charge in [-0.25, -0.2) is 4.98 Å². The second-order valence-electron chi connectivity index (χ2n) is 9.33. The van der Waals surface area contributed by atoms with Crippen LogP contribution in [0, 0.1) is 0 Å². The molecule has 0 bridgehead atoms. The molecular formula is C32H29Br2N3O3. The first kappa shape index (κ1) is 28.1. The monoisotopic (exact) mass is 661 g/mol. The number of benzene rings is 4. The van der Waals surface area contributed by atoms with E-state index in [1.807, 2.05) is 49.4 Å². The van der Waals surface area contributed by atoms with Gasteiger partial charge in [0, 0.05) is 20.9 Å². The number of aromatic nitrogens is 2. The number of fused-ring (bicyclic) bond motifs is 2. The Kier molecular flexibility index (Phi) is 8.97. The van der Waals surface area contributed by atoms with Crippen LogP contribution in [0.5, 0.6) is 11.5 Å². The molecule has 1 heterocycles. The number of halogens is 2. The van der Waals surface area contributed by atoms with E-state index in [1.54, 1.807) is 12.3 Å². The summed E-state index contributed by atoms with van der Waals surface area (Å²) >= 11 is 7.12. The van der Waals surface area contributed by atoms with Crippen molar-refractivity contribution in [3.63, 3.8) is 0 Å². The van der Waals surface area contributed by atoms with Crippen LogP contribution in [0.15, 0.2) is 91.6 Å². The zero-order valence-electron chi connectivity index (χ0n) is 22.4. The molecule has 0 aliphatic rings. The van der Waals surface area contributed by atoms with Crippen molar-refractivity contribution in [1.82, 2.24) is 9.66 Å². The van der Waals surface area contributed by atoms with Crippen LogP contribution in [-0.4, -0.2) is 22.5 Å². The van der Waals surface area contributed by atoms with E-state index in [1.165, 1.54) is 10.1 Å². The normalized spacial score (nSPS) is 11.5. The minimum atomic E-state index is -0.204. The smallest absolute Gasteiger partial charge is 0.282 e. The molecule has 0 radical (unpaired) electrons. The molecule has 0 atom stereocenters. The lowest BCUT2D eigenvalue weighted by Gasteiger charge is -2.15. The predicted octanol–water partition coefficient (Wildman–Crippen LogP) is 8.28. The van der Waals surface area contributed by atoms with E-state index in [2.05, 4.69) is 68.2 Å². The first-order chi connectivity index (χ1) is 19.5. The third-order valence-electron chi connectivity index (χ3n) is 6.57. The van der Waals surface area contributed by atoms with E-state index in [4.69, 9.17) is 14.5 Å². The van der Waals surface area contributed by atoms with Gasteiger partial charge in [0.1, 0.15) is 12.4 Å². The average molecular weight is 663 g/mol. The molecule has 0 N–H and O–H groups in total. The number of hydrogen-bond donors (Lipinski definition) is 0. The van der Waals surface area contributed by atoms with Crippen molar-refractivity contribution in [2.45, 2.75) is 39.7 Å². The van der Waals surface area contributed by atoms with Crippen molar-refractivity contribution in [2.75, 3.05) is 6.61 Å². The molecular weight excluding hydrogens is 634 g/mol. The summed E-state index contributed by atoms with van der Waals surface area (Å²) in [5, 5.41) is 7.45. The largest absolute Gasteiger partial charge is 0.490 e. The molecule has 0 aliphatic carbocycles. The first-order valence-corrected chi connectivity index (χ1v) is 14.9. The number of unbranched alkanes of at least 4 members (excludes halogenated alkanes) is 1. The van der Waals surface area contributed by atoms with Crippen LogP contribution in [0.25, 0.3) is 21.7 Å². The van der Waals surface area contributed by atoms with Crippen LogP contribution < -0.4 is 15.0 Å². The molecule has 5 aromatic rings. The number of rotatable bonds is 10. The van der Waals surface area contributed by atoms with Gasteiger partial charge in [-0.2, -0.15) is 9.78 Å². The van der Waals surface area contributed by atoms with Gasteiger partial charge < -0.3 is 9.47 Å². The second-order valence-corrected chi connectivity index (χ2v) is 11.1. The Balaban J connectivity index is 1.48. The van der Waals surface area contributed by atoms with Gasteiger partial charge in [0.25, 0.3) is 5.56 Å². The summed E-state index contributed by atoms with van der Waals surface area (Å²) in [6, 6.07) is 23.8. The number of nitrogens with zero attached hydrogens (tertiary/aromatic N) is 3. The number of ether oxygens (including phenoxy) is 2. The SMILES string of the molecule is CCCCc1nc2ccc(Br)cc2c(=O)n1N=Cc1cc(OCC)c(OCc2cccc3ccccc23)cc1Br. The van der Waals surface area contributed by atoms with Crippen molar-refractivity contribution in [1.29, 1.82) is 0 Å². The van der Waals surface area contributed by atoms with Crippen molar-refractivity contribution < 1.29 is 9.47 Å². The van der Waals surface area contributed by atoms with Crippen LogP contribution in [-0.2, 0) is 13.0 Å². The molecule has 0 spiro atoms. The van der Waals surface area contributed by atoms with Gasteiger partial charge in [0.05, 0.1) is 23.7 Å². The Morgan fingerprint density at radius 2 is 1.73 bits per heavy atom. The fraction of sp³-hybridized carbons (Fsp3) is 0.219. The fourth-order valence-electron chi connectivity index (χ4n) is 4.54. The highest BCUT2D eigenvalue weighted by Gasteiger charge is 2.14. The first-order valence-electron chi connectivity index (χ1n) is 13.3. The molecule has 0 fully saturated rings. The molecule has 0 saturated heterocycles. The summed E-state index contributed by atoms with van der Waals surface area (Å²) in [4.78, 5) is 18.2. The lowest BCUT2D eigenvalue weighted by atomic mass is 10.1. The highest BCUT2D eigenvalue weighted by Crippen LogP contribution is 2.34. The van der Waals surface area contributed by atoms with Crippen LogP contribution in [0.2, 0.25) is 0 Å². The van der Waals surface area contributed by atoms with Crippen molar-refractivity contribution in [3.8, 4) is 11.5 Å². The molecule has 0 unspecified atom stereocenters. The predicted molar refractivity (Wildman–Crippen MR) is 169 cm³/mol. The minimum absolute atomic E-state index is 0.204. The summed E-state index contributed by atoms with van der Waals surface area (Å²) in [7, 11) is 0. The lowest BCUT2D eigenvalue weighted by Crippen LogP contribution is -2.22. The highest BCUT2D eigenvalue weighted by atomic mass is 79.9. The maximum Gasteiger partial charge on any atom is 0.282 e. The summed E-state index contributed by atoms with van der Waals surface area (Å²) in [5.41, 5.74) is 2.31. The van der Waals surface area contributed by atoms with Gasteiger partial charge in [-0.05, 0) is 75.9 Å². The van der Waals surface area contributed by atoms with Crippen LogP contribution in [0.4, 0.5) is 0 Å². The average Bonchev–Trinajstić information content (AvgIpc) is 2.96. The van der Waals surface area contributed by atoms with Gasteiger partial charge >= 0.3 is 0 Å². The molecule has 1 aromatic heterocycles. The van der Waals surface area contributed by atoms with Crippen LogP contribution in [0.1, 0.15) is 43.6 Å². The molecule has 0 amide bonds. The van der Waals surface area contributed by atoms with E-state index < -0.39 is 0 Å². The van der Waals surface area contributed by atoms with Gasteiger partial charge in [0.15, 0.2) is 11.5 Å². The van der Waals surface area contributed by atoms with Crippen LogP contribution >= 0.6 is 31.9 Å². The van der Waals surface area contributed by atoms with Gasteiger partial charge in [-0.1, -0.05) is 71.7 Å². The van der Waals surface area contributed by atoms with E-state index in [0.29, 0.717) is 47.9 Å². The Bertz CT molecular complexity index is 1760. The standard InChI is InChI=1S/C32H29Br2N3O3/c1-3-5-13-31-36-28-15-14-24(33)17-26(28)32(38)37(31)35-19-23-16-29(39-4-2)30(18-27(23)34)40-20-22-11-8-10-21-9-6-7-12-25(21)22/h6-12,14-19H,3-5,13,20H2,1-2H3. The zero-order chi connectivity index (χ0) is 28.1. The Hall–Kier alpha value is -3.49. The van der Waals surface area contributed by atoms with E-state index in [0.717, 1.165) is 38.3 Å². The number of hydrogen-bond acceptors (Lipinski definition) is 5. The molecule has 5 rings (SSSR count). The third kappa shape index (κ3) is 6.13. The Morgan fingerprint density at radius 1 is 0.925 bits per heavy atom. The molecule has 0 aliphatic heterocycles. The van der Waals surface area contributed by atoms with Crippen LogP contribution in [0.3, 0.4) is 0 Å². The lowest BCUT2D eigenvalue weighted by molar-refractivity contribution is 0.270. The minimum Gasteiger partial charge on any atom is -0.490 e. The summed E-state index contributed by atoms with van der Waals surface area (Å²) < 4.78 is 15.2. The second kappa shape index (κ2) is 12.8. The third-order valence-corrected chi connectivity index (χ3v) is 7.75. The maximum atomic E-state index is 13.4. The molecule has 8 heteroatoms. The van der Waals surface area contributed by atoms with Gasteiger partial charge in [0.2, 0.25) is 0 Å². The van der Waals surface area contributed by atoms with Crippen molar-refractivity contribution in [3.05, 3.63) is 109 Å². The molecule has 204 valence electrons. The molecule has 4 aromatic carbocycles. The van der Waals surface area contributed by atoms with E-state index in [-0.39, 0.29) is 5.56 Å². The van der Waals surface area contributed by atoms with E-state index in [9.17, 15) is 4.79 Å². The fourth-order valence-corrected chi connectivity index (χ4v) is 5.32. The molecule has 6 nitrogen and oxygen atoms in total. The molecule has 0 saturated carbocycles. The van der Waals surface area contributed by atoms with E-state index >= 15 is 0 Å². The summed E-state index contributed by atoms with van der Waals surface area (Å²) in [5.74, 6) is 1.86. The Morgan fingerprint density at radius 3 is 2.55 bits per heavy atom. The zero-order valence-corrected chi connectivity index (χ0v) is 25.5. The Labute approximate surface area is 249 Å². The number of aryl methyl sites for hydroxylation is 1. The maximum absolute atomic E-state index is 13.4.